The zero-order chi connectivity index (χ0) is 40.1. The molecule has 13 rings (SSSR count). The van der Waals surface area contributed by atoms with Crippen molar-refractivity contribution in [1.82, 2.24) is 0 Å². The predicted molar refractivity (Wildman–Crippen MR) is 253 cm³/mol. The van der Waals surface area contributed by atoms with Crippen molar-refractivity contribution in [3.63, 3.8) is 0 Å². The van der Waals surface area contributed by atoms with Crippen molar-refractivity contribution < 1.29 is 4.42 Å². The molecule has 1 heterocycles. The van der Waals surface area contributed by atoms with Crippen molar-refractivity contribution in [2.24, 2.45) is 5.92 Å². The summed E-state index contributed by atoms with van der Waals surface area (Å²) in [6, 6.07) is 73.5. The van der Waals surface area contributed by atoms with Gasteiger partial charge in [0, 0.05) is 39.5 Å². The number of hydrogen-bond donors (Lipinski definition) is 0. The zero-order valence-corrected chi connectivity index (χ0v) is 33.4. The van der Waals surface area contributed by atoms with Gasteiger partial charge in [0.15, 0.2) is 5.58 Å². The third-order valence-electron chi connectivity index (χ3n) is 13.7. The highest BCUT2D eigenvalue weighted by Gasteiger charge is 2.56. The van der Waals surface area contributed by atoms with Crippen LogP contribution in [0.25, 0.3) is 66.1 Å². The van der Waals surface area contributed by atoms with Gasteiger partial charge in [0.05, 0.1) is 11.1 Å². The monoisotopic (exact) mass is 777 g/mol. The minimum atomic E-state index is -0.261. The van der Waals surface area contributed by atoms with Crippen LogP contribution in [0, 0.1) is 5.92 Å². The van der Waals surface area contributed by atoms with Crippen LogP contribution in [0.2, 0.25) is 0 Å². The molecule has 3 aliphatic carbocycles. The van der Waals surface area contributed by atoms with Crippen molar-refractivity contribution >= 4 is 49.8 Å². The van der Waals surface area contributed by atoms with E-state index >= 15 is 0 Å². The fourth-order valence-corrected chi connectivity index (χ4v) is 11.2. The first-order chi connectivity index (χ1) is 30.3. The summed E-state index contributed by atoms with van der Waals surface area (Å²) < 4.78 is 7.00. The van der Waals surface area contributed by atoms with Crippen LogP contribution in [-0.4, -0.2) is 0 Å². The van der Waals surface area contributed by atoms with Crippen LogP contribution in [0.1, 0.15) is 28.2 Å². The Kier molecular flexibility index (Phi) is 7.38. The van der Waals surface area contributed by atoms with Crippen LogP contribution >= 0.6 is 0 Å². The van der Waals surface area contributed by atoms with Gasteiger partial charge in [-0.05, 0) is 97.2 Å². The van der Waals surface area contributed by atoms with Crippen molar-refractivity contribution in [2.45, 2.75) is 11.3 Å². The molecule has 0 aliphatic heterocycles. The molecule has 0 bridgehead atoms. The van der Waals surface area contributed by atoms with E-state index in [0.717, 1.165) is 50.1 Å². The van der Waals surface area contributed by atoms with E-state index in [-0.39, 0.29) is 5.41 Å². The van der Waals surface area contributed by atoms with E-state index in [9.17, 15) is 0 Å². The van der Waals surface area contributed by atoms with Crippen LogP contribution in [0.3, 0.4) is 0 Å². The lowest BCUT2D eigenvalue weighted by atomic mass is 9.65. The number of nitrogens with zero attached hydrogens (tertiary/aromatic N) is 1. The molecule has 0 fully saturated rings. The quantitative estimate of drug-likeness (QED) is 0.173. The first-order valence-corrected chi connectivity index (χ1v) is 21.3. The Balaban J connectivity index is 0.968. The molecular formula is C59H39NO. The lowest BCUT2D eigenvalue weighted by Gasteiger charge is -2.36. The summed E-state index contributed by atoms with van der Waals surface area (Å²) in [5.41, 5.74) is 17.7. The van der Waals surface area contributed by atoms with Gasteiger partial charge in [-0.2, -0.15) is 0 Å². The molecule has 3 unspecified atom stereocenters. The largest absolute Gasteiger partial charge is 0.453 e. The Hall–Kier alpha value is -7.68. The molecule has 9 aromatic carbocycles. The maximum Gasteiger partial charge on any atom is 0.159 e. The Morgan fingerprint density at radius 3 is 1.97 bits per heavy atom. The molecule has 3 aliphatic rings. The summed E-state index contributed by atoms with van der Waals surface area (Å²) in [6.45, 7) is 0. The lowest BCUT2D eigenvalue weighted by Crippen LogP contribution is -2.32. The normalized spacial score (nSPS) is 18.1. The van der Waals surface area contributed by atoms with Gasteiger partial charge in [-0.3, -0.25) is 0 Å². The van der Waals surface area contributed by atoms with Gasteiger partial charge in [0.25, 0.3) is 0 Å². The molecule has 0 N–H and O–H groups in total. The van der Waals surface area contributed by atoms with Crippen molar-refractivity contribution in [3.05, 3.63) is 247 Å². The van der Waals surface area contributed by atoms with E-state index < -0.39 is 0 Å². The molecule has 0 saturated heterocycles. The van der Waals surface area contributed by atoms with Gasteiger partial charge in [-0.15, -0.1) is 0 Å². The minimum Gasteiger partial charge on any atom is -0.453 e. The Morgan fingerprint density at radius 1 is 0.410 bits per heavy atom. The Bertz CT molecular complexity index is 3440. The number of anilines is 3. The zero-order valence-electron chi connectivity index (χ0n) is 33.4. The molecule has 0 saturated carbocycles. The fraction of sp³-hybridized carbons (Fsp3) is 0.0508. The molecule has 2 heteroatoms. The number of fused-ring (bicyclic) bond motifs is 14. The highest BCUT2D eigenvalue weighted by atomic mass is 16.3. The fourth-order valence-electron chi connectivity index (χ4n) is 11.2. The number of allylic oxidation sites excluding steroid dienone is 4. The van der Waals surface area contributed by atoms with E-state index in [2.05, 4.69) is 229 Å². The molecule has 61 heavy (non-hydrogen) atoms. The number of hydrogen-bond acceptors (Lipinski definition) is 2. The van der Waals surface area contributed by atoms with Crippen LogP contribution < -0.4 is 4.90 Å². The molecule has 3 atom stereocenters. The summed E-state index contributed by atoms with van der Waals surface area (Å²) in [5, 5.41) is 4.61. The second kappa shape index (κ2) is 13.2. The summed E-state index contributed by atoms with van der Waals surface area (Å²) >= 11 is 0. The van der Waals surface area contributed by atoms with E-state index in [1.807, 2.05) is 0 Å². The van der Waals surface area contributed by atoms with E-state index in [1.54, 1.807) is 0 Å². The Morgan fingerprint density at radius 2 is 1.08 bits per heavy atom. The van der Waals surface area contributed by atoms with Gasteiger partial charge in [0.1, 0.15) is 5.58 Å². The second-order valence-corrected chi connectivity index (χ2v) is 16.7. The van der Waals surface area contributed by atoms with E-state index in [1.165, 1.54) is 55.3 Å². The maximum absolute atomic E-state index is 7.00. The van der Waals surface area contributed by atoms with Crippen LogP contribution in [-0.2, 0) is 5.41 Å². The summed E-state index contributed by atoms with van der Waals surface area (Å²) in [4.78, 5) is 2.36. The molecule has 1 aromatic heterocycles. The highest BCUT2D eigenvalue weighted by Crippen LogP contribution is 2.65. The molecule has 286 valence electrons. The van der Waals surface area contributed by atoms with Crippen molar-refractivity contribution in [2.75, 3.05) is 4.90 Å². The number of furan rings is 1. The van der Waals surface area contributed by atoms with Gasteiger partial charge < -0.3 is 9.32 Å². The standard InChI is InChI=1S/C59H39NO/c1-2-15-40(16-3-1)45-21-12-22-50-51-23-13-27-56(58(51)61-57(45)50)60(44-34-30-38-14-4-5-17-41(38)36-44)43-32-28-39(29-33-43)42-31-35-49-48-20-8-11-26-54(48)59(55(49)37-42)52-24-9-6-18-46(52)47-19-7-10-25-53(47)59/h1-37,46,52H. The molecule has 2 nitrogen and oxygen atoms in total. The lowest BCUT2D eigenvalue weighted by molar-refractivity contribution is 0.465. The number of benzene rings is 9. The van der Waals surface area contributed by atoms with E-state index in [0.29, 0.717) is 11.8 Å². The van der Waals surface area contributed by atoms with Crippen molar-refractivity contribution in [1.29, 1.82) is 0 Å². The average Bonchev–Trinajstić information content (AvgIpc) is 3.97. The number of para-hydroxylation sites is 2. The van der Waals surface area contributed by atoms with Crippen molar-refractivity contribution in [3.8, 4) is 33.4 Å². The third kappa shape index (κ3) is 4.91. The van der Waals surface area contributed by atoms with Gasteiger partial charge >= 0.3 is 0 Å². The number of rotatable bonds is 5. The van der Waals surface area contributed by atoms with E-state index in [4.69, 9.17) is 4.42 Å². The summed E-state index contributed by atoms with van der Waals surface area (Å²) in [6.07, 6.45) is 9.36. The first-order valence-electron chi connectivity index (χ1n) is 21.3. The van der Waals surface area contributed by atoms with Gasteiger partial charge in [-0.25, -0.2) is 0 Å². The van der Waals surface area contributed by atoms with Gasteiger partial charge in [-0.1, -0.05) is 188 Å². The second-order valence-electron chi connectivity index (χ2n) is 16.7. The molecule has 10 aromatic rings. The molecular weight excluding hydrogens is 739 g/mol. The molecule has 1 spiro atoms. The summed E-state index contributed by atoms with van der Waals surface area (Å²) in [5.74, 6) is 0.639. The first kappa shape index (κ1) is 34.2. The third-order valence-corrected chi connectivity index (χ3v) is 13.7. The predicted octanol–water partition coefficient (Wildman–Crippen LogP) is 15.7. The maximum atomic E-state index is 7.00. The minimum absolute atomic E-state index is 0.261. The van der Waals surface area contributed by atoms with Crippen LogP contribution in [0.15, 0.2) is 229 Å². The SMILES string of the molecule is C1=CC2c3ccccc3C3(c4ccccc4-c4ccc(-c5ccc(N(c6ccc7ccccc7c6)c6cccc7c6oc6c(-c8ccccc8)cccc67)cc5)cc43)C2C=C1. The highest BCUT2D eigenvalue weighted by molar-refractivity contribution is 6.13. The average molecular weight is 778 g/mol. The molecule has 0 amide bonds. The van der Waals surface area contributed by atoms with Crippen LogP contribution in [0.4, 0.5) is 17.1 Å². The van der Waals surface area contributed by atoms with Gasteiger partial charge in [0.2, 0.25) is 0 Å². The van der Waals surface area contributed by atoms with Crippen LogP contribution in [0.5, 0.6) is 0 Å². The Labute approximate surface area is 355 Å². The topological polar surface area (TPSA) is 16.4 Å². The smallest absolute Gasteiger partial charge is 0.159 e. The molecule has 0 radical (unpaired) electrons. The summed E-state index contributed by atoms with van der Waals surface area (Å²) in [7, 11) is 0.